The third-order valence-electron chi connectivity index (χ3n) is 8.74. The summed E-state index contributed by atoms with van der Waals surface area (Å²) in [5.41, 5.74) is -4.74. The number of rotatable bonds is 6. The Balaban J connectivity index is 1.46. The fourth-order valence-corrected chi connectivity index (χ4v) is 6.04. The predicted octanol–water partition coefficient (Wildman–Crippen LogP) is 5.94. The number of ether oxygens (including phenoxy) is 2. The number of carbonyl (C=O) groups excluding carboxylic acids is 2. The molecule has 0 fully saturated rings. The van der Waals surface area contributed by atoms with Crippen molar-refractivity contribution in [1.29, 1.82) is 0 Å². The molecule has 0 amide bonds. The number of hydrogen-bond acceptors (Lipinski definition) is 10. The molecule has 0 aliphatic carbocycles. The first-order valence-electron chi connectivity index (χ1n) is 16.2. The lowest BCUT2D eigenvalue weighted by atomic mass is 9.97. The van der Waals surface area contributed by atoms with Crippen molar-refractivity contribution in [3.05, 3.63) is 97.3 Å². The Morgan fingerprint density at radius 3 is 2.12 bits per heavy atom. The zero-order valence-electron chi connectivity index (χ0n) is 29.0. The molecular weight excluding hydrogens is 682 g/mol. The average Bonchev–Trinajstić information content (AvgIpc) is 3.68. The smallest absolute Gasteiger partial charge is 0.362 e. The normalized spacial score (nSPS) is 12.5. The molecule has 0 saturated carbocycles. The number of aromatic nitrogens is 4. The number of carbonyl (C=O) groups is 2. The van der Waals surface area contributed by atoms with Crippen LogP contribution in [0.15, 0.2) is 72.1 Å². The first-order chi connectivity index (χ1) is 24.5. The van der Waals surface area contributed by atoms with Crippen molar-refractivity contribution in [1.82, 2.24) is 18.7 Å². The molecule has 5 heterocycles. The Hall–Kier alpha value is -6.12. The molecule has 0 aliphatic rings. The molecule has 0 N–H and O–H groups in total. The van der Waals surface area contributed by atoms with Gasteiger partial charge in [0.05, 0.1) is 50.8 Å². The van der Waals surface area contributed by atoms with E-state index in [1.165, 1.54) is 35.2 Å². The molecule has 5 aromatic heterocycles. The zero-order valence-corrected chi connectivity index (χ0v) is 29.0. The van der Waals surface area contributed by atoms with Gasteiger partial charge in [-0.05, 0) is 77.9 Å². The lowest BCUT2D eigenvalue weighted by Crippen LogP contribution is -2.42. The maximum atomic E-state index is 16.2. The highest BCUT2D eigenvalue weighted by atomic mass is 19.1. The van der Waals surface area contributed by atoms with Crippen LogP contribution < -0.4 is 16.9 Å². The summed E-state index contributed by atoms with van der Waals surface area (Å²) in [5.74, 6) is -2.93. The number of halogens is 2. The molecule has 7 rings (SSSR count). The molecule has 0 saturated heterocycles. The summed E-state index contributed by atoms with van der Waals surface area (Å²) in [4.78, 5) is 70.5. The van der Waals surface area contributed by atoms with Crippen LogP contribution in [0.25, 0.3) is 54.8 Å². The summed E-state index contributed by atoms with van der Waals surface area (Å²) in [5, 5.41) is 1.09. The standard InChI is InChI=1S/C37H32F2N4O9/c1-36(2,3)33(46)50-16-42-24-13-22(38)18(12-21(24)31(44)43(35(42)48)17-51-34(47)37(4,5)6)15-41-25-14-23(39)19-9-11-49-29(19)27(25)26-20-8-7-10-40-30(20)52-32(45)28(26)41/h7-14H,15-17H2,1-6H3. The highest BCUT2D eigenvalue weighted by molar-refractivity contribution is 6.25. The van der Waals surface area contributed by atoms with E-state index in [0.29, 0.717) is 20.7 Å². The summed E-state index contributed by atoms with van der Waals surface area (Å²) in [7, 11) is 0. The lowest BCUT2D eigenvalue weighted by molar-refractivity contribution is -0.157. The predicted molar refractivity (Wildman–Crippen MR) is 186 cm³/mol. The summed E-state index contributed by atoms with van der Waals surface area (Å²) in [6, 6.07) is 8.08. The van der Waals surface area contributed by atoms with E-state index in [-0.39, 0.29) is 44.2 Å². The van der Waals surface area contributed by atoms with Gasteiger partial charge in [-0.15, -0.1) is 0 Å². The van der Waals surface area contributed by atoms with E-state index in [1.807, 2.05) is 0 Å². The number of hydrogen-bond donors (Lipinski definition) is 0. The molecule has 2 aromatic carbocycles. The highest BCUT2D eigenvalue weighted by Gasteiger charge is 2.28. The van der Waals surface area contributed by atoms with Crippen molar-refractivity contribution < 1.29 is 36.7 Å². The van der Waals surface area contributed by atoms with Gasteiger partial charge >= 0.3 is 23.3 Å². The van der Waals surface area contributed by atoms with Gasteiger partial charge in [0.1, 0.15) is 22.7 Å². The first kappa shape index (κ1) is 34.3. The van der Waals surface area contributed by atoms with Crippen LogP contribution in [-0.2, 0) is 39.1 Å². The second kappa shape index (κ2) is 12.0. The monoisotopic (exact) mass is 714 g/mol. The number of pyridine rings is 1. The van der Waals surface area contributed by atoms with Gasteiger partial charge in [-0.1, -0.05) is 0 Å². The number of esters is 2. The molecule has 52 heavy (non-hydrogen) atoms. The molecule has 0 bridgehead atoms. The lowest BCUT2D eigenvalue weighted by Gasteiger charge is -2.20. The van der Waals surface area contributed by atoms with Gasteiger partial charge in [0.2, 0.25) is 5.71 Å². The Morgan fingerprint density at radius 2 is 1.44 bits per heavy atom. The number of fused-ring (bicyclic) bond motifs is 8. The largest absolute Gasteiger partial charge is 0.463 e. The fraction of sp³-hybridized carbons (Fsp3) is 0.297. The Morgan fingerprint density at radius 1 is 0.788 bits per heavy atom. The van der Waals surface area contributed by atoms with E-state index in [9.17, 15) is 24.0 Å². The highest BCUT2D eigenvalue weighted by Crippen LogP contribution is 2.39. The molecule has 15 heteroatoms. The average molecular weight is 715 g/mol. The van der Waals surface area contributed by atoms with Gasteiger partial charge in [0.25, 0.3) is 5.56 Å². The van der Waals surface area contributed by atoms with Gasteiger partial charge < -0.3 is 22.9 Å². The fourth-order valence-electron chi connectivity index (χ4n) is 6.04. The van der Waals surface area contributed by atoms with Crippen molar-refractivity contribution in [2.24, 2.45) is 10.8 Å². The van der Waals surface area contributed by atoms with Gasteiger partial charge in [0, 0.05) is 22.5 Å². The van der Waals surface area contributed by atoms with Crippen LogP contribution in [0.3, 0.4) is 0 Å². The van der Waals surface area contributed by atoms with Crippen LogP contribution in [0.5, 0.6) is 0 Å². The molecule has 0 atom stereocenters. The van der Waals surface area contributed by atoms with Crippen molar-refractivity contribution in [3.63, 3.8) is 0 Å². The molecule has 0 radical (unpaired) electrons. The van der Waals surface area contributed by atoms with Gasteiger partial charge in [-0.25, -0.2) is 27.9 Å². The summed E-state index contributed by atoms with van der Waals surface area (Å²) in [6.45, 7) is 7.70. The molecule has 0 unspecified atom stereocenters. The molecule has 7 aromatic rings. The van der Waals surface area contributed by atoms with Gasteiger partial charge in [0.15, 0.2) is 13.5 Å². The van der Waals surface area contributed by atoms with Crippen LogP contribution in [-0.4, -0.2) is 30.6 Å². The molecule has 13 nitrogen and oxygen atoms in total. The minimum absolute atomic E-state index is 0.0258. The van der Waals surface area contributed by atoms with Crippen molar-refractivity contribution in [2.45, 2.75) is 61.5 Å². The first-order valence-corrected chi connectivity index (χ1v) is 16.2. The molecular formula is C37H32F2N4O9. The number of benzene rings is 2. The third kappa shape index (κ3) is 5.52. The zero-order chi connectivity index (χ0) is 37.4. The van der Waals surface area contributed by atoms with Crippen LogP contribution in [0, 0.1) is 22.5 Å². The minimum atomic E-state index is -1.02. The quantitative estimate of drug-likeness (QED) is 0.189. The van der Waals surface area contributed by atoms with E-state index in [1.54, 1.807) is 53.7 Å². The molecule has 0 spiro atoms. The summed E-state index contributed by atoms with van der Waals surface area (Å²) >= 11 is 0. The van der Waals surface area contributed by atoms with E-state index in [0.717, 1.165) is 10.6 Å². The van der Waals surface area contributed by atoms with E-state index in [2.05, 4.69) is 4.98 Å². The molecule has 0 aliphatic heterocycles. The topological polar surface area (TPSA) is 158 Å². The summed E-state index contributed by atoms with van der Waals surface area (Å²) < 4.78 is 56.5. The number of nitrogens with zero attached hydrogens (tertiary/aromatic N) is 4. The van der Waals surface area contributed by atoms with Crippen LogP contribution in [0.2, 0.25) is 0 Å². The van der Waals surface area contributed by atoms with Gasteiger partial charge in [-0.2, -0.15) is 0 Å². The van der Waals surface area contributed by atoms with Crippen molar-refractivity contribution in [2.75, 3.05) is 0 Å². The van der Waals surface area contributed by atoms with Crippen LogP contribution in [0.4, 0.5) is 8.78 Å². The van der Waals surface area contributed by atoms with E-state index < -0.39 is 71.3 Å². The van der Waals surface area contributed by atoms with Gasteiger partial charge in [-0.3, -0.25) is 19.0 Å². The Bertz CT molecular complexity index is 2830. The second-order valence-electron chi connectivity index (χ2n) is 14.5. The Kier molecular flexibility index (Phi) is 7.92. The Labute approximate surface area is 291 Å². The van der Waals surface area contributed by atoms with E-state index in [4.69, 9.17) is 18.3 Å². The number of furan rings is 1. The van der Waals surface area contributed by atoms with Crippen LogP contribution >= 0.6 is 0 Å². The maximum Gasteiger partial charge on any atom is 0.362 e. The SMILES string of the molecule is CC(C)(C)C(=O)OCn1c(=O)c2cc(Cn3c4cc(F)c5ccoc5c4c4c5cccnc5oc(=O)c43)c(F)cc2n(COC(=O)C(C)(C)C)c1=O. The minimum Gasteiger partial charge on any atom is -0.463 e. The van der Waals surface area contributed by atoms with Crippen molar-refractivity contribution >= 4 is 66.7 Å². The molecule has 268 valence electrons. The van der Waals surface area contributed by atoms with Crippen molar-refractivity contribution in [3.8, 4) is 0 Å². The maximum absolute atomic E-state index is 16.2. The summed E-state index contributed by atoms with van der Waals surface area (Å²) in [6.07, 6.45) is 2.76. The van der Waals surface area contributed by atoms with E-state index >= 15 is 8.78 Å². The second-order valence-corrected chi connectivity index (χ2v) is 14.5. The third-order valence-corrected chi connectivity index (χ3v) is 8.74. The van der Waals surface area contributed by atoms with Crippen LogP contribution in [0.1, 0.15) is 47.1 Å².